The normalized spacial score (nSPS) is 17.4. The molecular weight excluding hydrogens is 437 g/mol. The van der Waals surface area contributed by atoms with Crippen molar-refractivity contribution in [3.63, 3.8) is 0 Å². The molecule has 0 spiro atoms. The number of rotatable bonds is 7. The predicted molar refractivity (Wildman–Crippen MR) is 124 cm³/mol. The van der Waals surface area contributed by atoms with Crippen LogP contribution in [0.15, 0.2) is 78.9 Å². The maximum Gasteiger partial charge on any atom is 0.325 e. The van der Waals surface area contributed by atoms with Gasteiger partial charge in [0.15, 0.2) is 11.3 Å². The second kappa shape index (κ2) is 9.27. The molecule has 1 fully saturated rings. The van der Waals surface area contributed by atoms with Gasteiger partial charge < -0.3 is 10.6 Å². The number of urea groups is 1. The summed E-state index contributed by atoms with van der Waals surface area (Å²) in [4.78, 5) is 51.3. The summed E-state index contributed by atoms with van der Waals surface area (Å²) in [6.45, 7) is 0.660. The zero-order valence-electron chi connectivity index (χ0n) is 18.4. The van der Waals surface area contributed by atoms with Crippen LogP contribution in [-0.2, 0) is 21.5 Å². The number of hydrogen-bond acceptors (Lipinski definition) is 4. The number of benzene rings is 3. The van der Waals surface area contributed by atoms with Crippen LogP contribution in [0.3, 0.4) is 0 Å². The van der Waals surface area contributed by atoms with Gasteiger partial charge >= 0.3 is 6.03 Å². The van der Waals surface area contributed by atoms with Crippen LogP contribution in [0, 0.1) is 5.82 Å². The summed E-state index contributed by atoms with van der Waals surface area (Å²) in [6.07, 6.45) is 0.187. The molecule has 1 aliphatic rings. The third-order valence-corrected chi connectivity index (χ3v) is 5.65. The standard InChI is InChI=1S/C26H22FN3O4/c1-17(31)28-20-12-13-21(22(27)14-20)23(32)16-30-24(33)26(29-25(30)34,19-10-6-3-7-11-19)15-18-8-4-2-5-9-18/h2-14H,15-16H2,1H3,(H,28,31)(H,29,34)/t26-/m1/s1. The molecule has 8 heteroatoms. The van der Waals surface area contributed by atoms with Gasteiger partial charge in [-0.25, -0.2) is 9.18 Å². The summed E-state index contributed by atoms with van der Waals surface area (Å²) < 4.78 is 14.5. The Hall–Kier alpha value is -4.33. The SMILES string of the molecule is CC(=O)Nc1ccc(C(=O)CN2C(=O)N[C@](Cc3ccccc3)(c3ccccc3)C2=O)c(F)c1. The van der Waals surface area contributed by atoms with Crippen molar-refractivity contribution in [2.45, 2.75) is 18.9 Å². The zero-order valence-corrected chi connectivity index (χ0v) is 18.4. The summed E-state index contributed by atoms with van der Waals surface area (Å²) in [6, 6.07) is 20.9. The van der Waals surface area contributed by atoms with Gasteiger partial charge in [0, 0.05) is 19.0 Å². The lowest BCUT2D eigenvalue weighted by Gasteiger charge is -2.27. The molecule has 0 saturated carbocycles. The van der Waals surface area contributed by atoms with E-state index in [1.807, 2.05) is 30.3 Å². The Morgan fingerprint density at radius 1 is 0.971 bits per heavy atom. The van der Waals surface area contributed by atoms with Crippen molar-refractivity contribution < 1.29 is 23.6 Å². The minimum absolute atomic E-state index is 0.187. The highest BCUT2D eigenvalue weighted by Crippen LogP contribution is 2.33. The maximum atomic E-state index is 14.5. The van der Waals surface area contributed by atoms with Crippen LogP contribution in [0.1, 0.15) is 28.4 Å². The summed E-state index contributed by atoms with van der Waals surface area (Å²) in [5.41, 5.74) is -0.0726. The van der Waals surface area contributed by atoms with E-state index in [0.29, 0.717) is 5.56 Å². The molecule has 2 N–H and O–H groups in total. The van der Waals surface area contributed by atoms with Gasteiger partial charge in [-0.3, -0.25) is 19.3 Å². The summed E-state index contributed by atoms with van der Waals surface area (Å²) >= 11 is 0. The zero-order chi connectivity index (χ0) is 24.3. The van der Waals surface area contributed by atoms with Crippen LogP contribution in [0.4, 0.5) is 14.9 Å². The molecule has 1 aliphatic heterocycles. The Labute approximate surface area is 195 Å². The van der Waals surface area contributed by atoms with E-state index in [2.05, 4.69) is 10.6 Å². The van der Waals surface area contributed by atoms with Crippen molar-refractivity contribution in [1.82, 2.24) is 10.2 Å². The lowest BCUT2D eigenvalue weighted by Crippen LogP contribution is -2.46. The van der Waals surface area contributed by atoms with E-state index in [1.54, 1.807) is 30.3 Å². The molecule has 0 bridgehead atoms. The number of ketones is 1. The Morgan fingerprint density at radius 2 is 1.62 bits per heavy atom. The molecule has 0 unspecified atom stereocenters. The number of carbonyl (C=O) groups excluding carboxylic acids is 4. The van der Waals surface area contributed by atoms with Crippen LogP contribution in [0.5, 0.6) is 0 Å². The van der Waals surface area contributed by atoms with E-state index in [-0.39, 0.29) is 23.6 Å². The lowest BCUT2D eigenvalue weighted by molar-refractivity contribution is -0.131. The first-order chi connectivity index (χ1) is 16.3. The van der Waals surface area contributed by atoms with E-state index in [1.165, 1.54) is 19.1 Å². The monoisotopic (exact) mass is 459 g/mol. The van der Waals surface area contributed by atoms with Crippen molar-refractivity contribution in [2.75, 3.05) is 11.9 Å². The van der Waals surface area contributed by atoms with Crippen molar-refractivity contribution >= 4 is 29.3 Å². The van der Waals surface area contributed by atoms with Crippen LogP contribution in [0.25, 0.3) is 0 Å². The van der Waals surface area contributed by atoms with Crippen molar-refractivity contribution in [3.8, 4) is 0 Å². The van der Waals surface area contributed by atoms with Crippen molar-refractivity contribution in [2.24, 2.45) is 0 Å². The quantitative estimate of drug-likeness (QED) is 0.416. The van der Waals surface area contributed by atoms with E-state index in [0.717, 1.165) is 16.5 Å². The molecule has 1 heterocycles. The van der Waals surface area contributed by atoms with Crippen LogP contribution in [0.2, 0.25) is 0 Å². The lowest BCUT2D eigenvalue weighted by atomic mass is 9.83. The minimum Gasteiger partial charge on any atom is -0.326 e. The van der Waals surface area contributed by atoms with Crippen LogP contribution >= 0.6 is 0 Å². The number of halogens is 1. The molecule has 7 nitrogen and oxygen atoms in total. The number of nitrogens with zero attached hydrogens (tertiary/aromatic N) is 1. The molecule has 172 valence electrons. The second-order valence-electron chi connectivity index (χ2n) is 8.05. The highest BCUT2D eigenvalue weighted by atomic mass is 19.1. The molecular formula is C26H22FN3O4. The van der Waals surface area contributed by atoms with Crippen LogP contribution in [-0.4, -0.2) is 35.1 Å². The number of anilines is 1. The fourth-order valence-electron chi connectivity index (χ4n) is 4.06. The van der Waals surface area contributed by atoms with E-state index in [9.17, 15) is 23.6 Å². The van der Waals surface area contributed by atoms with E-state index in [4.69, 9.17) is 0 Å². The topological polar surface area (TPSA) is 95.6 Å². The predicted octanol–water partition coefficient (Wildman–Crippen LogP) is 3.66. The van der Waals surface area contributed by atoms with Gasteiger partial charge in [-0.1, -0.05) is 60.7 Å². The van der Waals surface area contributed by atoms with Crippen LogP contribution < -0.4 is 10.6 Å². The summed E-state index contributed by atoms with van der Waals surface area (Å²) in [5, 5.41) is 5.21. The number of nitrogens with one attached hydrogen (secondary N) is 2. The highest BCUT2D eigenvalue weighted by Gasteiger charge is 2.52. The fraction of sp³-hybridized carbons (Fsp3) is 0.154. The summed E-state index contributed by atoms with van der Waals surface area (Å²) in [7, 11) is 0. The maximum absolute atomic E-state index is 14.5. The molecule has 1 saturated heterocycles. The number of carbonyl (C=O) groups is 4. The third-order valence-electron chi connectivity index (χ3n) is 5.65. The first-order valence-corrected chi connectivity index (χ1v) is 10.6. The van der Waals surface area contributed by atoms with Crippen molar-refractivity contribution in [3.05, 3.63) is 101 Å². The molecule has 0 aromatic heterocycles. The smallest absolute Gasteiger partial charge is 0.325 e. The second-order valence-corrected chi connectivity index (χ2v) is 8.05. The minimum atomic E-state index is -1.40. The molecule has 34 heavy (non-hydrogen) atoms. The van der Waals surface area contributed by atoms with E-state index >= 15 is 0 Å². The first kappa shape index (κ1) is 22.8. The number of Topliss-reactive ketones (excluding diaryl/α,β-unsaturated/α-hetero) is 1. The molecule has 1 atom stereocenters. The van der Waals surface area contributed by atoms with Gasteiger partial charge in [-0.2, -0.15) is 0 Å². The van der Waals surface area contributed by atoms with Gasteiger partial charge in [0.2, 0.25) is 5.91 Å². The number of imide groups is 1. The molecule has 4 rings (SSSR count). The molecule has 0 radical (unpaired) electrons. The van der Waals surface area contributed by atoms with Gasteiger partial charge in [-0.05, 0) is 29.3 Å². The van der Waals surface area contributed by atoms with Gasteiger partial charge in [0.25, 0.3) is 5.91 Å². The molecule has 3 aromatic rings. The molecule has 3 aromatic carbocycles. The Morgan fingerprint density at radius 3 is 2.24 bits per heavy atom. The average Bonchev–Trinajstić information content (AvgIpc) is 3.05. The first-order valence-electron chi connectivity index (χ1n) is 10.6. The van der Waals surface area contributed by atoms with Gasteiger partial charge in [0.1, 0.15) is 5.82 Å². The Bertz CT molecular complexity index is 1260. The fourth-order valence-corrected chi connectivity index (χ4v) is 4.06. The number of hydrogen-bond donors (Lipinski definition) is 2. The summed E-state index contributed by atoms with van der Waals surface area (Å²) in [5.74, 6) is -2.56. The Balaban J connectivity index is 1.63. The third kappa shape index (κ3) is 4.43. The van der Waals surface area contributed by atoms with E-state index < -0.39 is 35.6 Å². The molecule has 4 amide bonds. The average molecular weight is 459 g/mol. The largest absolute Gasteiger partial charge is 0.326 e. The van der Waals surface area contributed by atoms with Crippen molar-refractivity contribution in [1.29, 1.82) is 0 Å². The van der Waals surface area contributed by atoms with Gasteiger partial charge in [-0.15, -0.1) is 0 Å². The highest BCUT2D eigenvalue weighted by molar-refractivity contribution is 6.11. The van der Waals surface area contributed by atoms with Gasteiger partial charge in [0.05, 0.1) is 12.1 Å². The number of amides is 4. The molecule has 0 aliphatic carbocycles. The Kier molecular flexibility index (Phi) is 6.23.